The van der Waals surface area contributed by atoms with E-state index < -0.39 is 16.8 Å². The molecule has 3 aromatic rings. The first-order valence-electron chi connectivity index (χ1n) is 6.28. The van der Waals surface area contributed by atoms with Gasteiger partial charge in [-0.15, -0.1) is 0 Å². The molecule has 1 unspecified atom stereocenters. The summed E-state index contributed by atoms with van der Waals surface area (Å²) < 4.78 is 14.3. The first-order valence-corrected chi connectivity index (χ1v) is 7.60. The minimum atomic E-state index is -1.45. The van der Waals surface area contributed by atoms with E-state index in [1.807, 2.05) is 28.8 Å². The molecule has 0 spiro atoms. The van der Waals surface area contributed by atoms with Crippen LogP contribution in [0.5, 0.6) is 0 Å². The van der Waals surface area contributed by atoms with E-state index in [2.05, 4.69) is 4.98 Å². The highest BCUT2D eigenvalue weighted by Crippen LogP contribution is 2.17. The highest BCUT2D eigenvalue weighted by atomic mass is 32.2. The van der Waals surface area contributed by atoms with E-state index in [9.17, 15) is 9.00 Å². The summed E-state index contributed by atoms with van der Waals surface area (Å²) in [4.78, 5) is 15.9. The van der Waals surface area contributed by atoms with Crippen molar-refractivity contribution in [1.29, 1.82) is 0 Å². The molecule has 1 atom stereocenters. The smallest absolute Gasteiger partial charge is 0.336 e. The van der Waals surface area contributed by atoms with Crippen LogP contribution in [0.3, 0.4) is 0 Å². The number of imidazole rings is 1. The third-order valence-corrected chi connectivity index (χ3v) is 4.46. The third kappa shape index (κ3) is 2.71. The summed E-state index contributed by atoms with van der Waals surface area (Å²) in [5, 5.41) is 9.14. The summed E-state index contributed by atoms with van der Waals surface area (Å²) in [7, 11) is -1.45. The van der Waals surface area contributed by atoms with Crippen LogP contribution in [-0.2, 0) is 16.6 Å². The lowest BCUT2D eigenvalue weighted by molar-refractivity contribution is 0.0693. The Morgan fingerprint density at radius 3 is 2.71 bits per heavy atom. The van der Waals surface area contributed by atoms with Gasteiger partial charge < -0.3 is 9.51 Å². The van der Waals surface area contributed by atoms with Crippen LogP contribution in [0, 0.1) is 0 Å². The zero-order valence-corrected chi connectivity index (χ0v) is 11.8. The Balaban J connectivity index is 1.91. The summed E-state index contributed by atoms with van der Waals surface area (Å²) in [6.07, 6.45) is 3.66. The quantitative estimate of drug-likeness (QED) is 0.802. The molecule has 6 heteroatoms. The molecule has 0 fully saturated rings. The van der Waals surface area contributed by atoms with Crippen LogP contribution in [0.15, 0.2) is 59.8 Å². The number of carboxylic acid groups (broad SMARTS) is 1. The number of aromatic nitrogens is 2. The van der Waals surface area contributed by atoms with E-state index in [1.54, 1.807) is 24.4 Å². The molecule has 0 aliphatic carbocycles. The average Bonchev–Trinajstić information content (AvgIpc) is 2.89. The van der Waals surface area contributed by atoms with E-state index in [4.69, 9.17) is 5.11 Å². The summed E-state index contributed by atoms with van der Waals surface area (Å²) >= 11 is 0. The maximum Gasteiger partial charge on any atom is 0.336 e. The second kappa shape index (κ2) is 5.49. The minimum absolute atomic E-state index is 0.0691. The van der Waals surface area contributed by atoms with E-state index in [1.165, 1.54) is 6.07 Å². The lowest BCUT2D eigenvalue weighted by Crippen LogP contribution is -2.05. The molecule has 21 heavy (non-hydrogen) atoms. The molecule has 0 saturated carbocycles. The van der Waals surface area contributed by atoms with Crippen molar-refractivity contribution in [3.8, 4) is 0 Å². The maximum atomic E-state index is 12.4. The number of fused-ring (bicyclic) bond motifs is 1. The number of hydrogen-bond acceptors (Lipinski definition) is 3. The number of benzene rings is 1. The molecule has 3 rings (SSSR count). The number of carboxylic acids is 1. The SMILES string of the molecule is O=C(O)c1ccccc1S(=O)Cc1cn2ccccc2n1. The van der Waals surface area contributed by atoms with Crippen molar-refractivity contribution in [2.75, 3.05) is 0 Å². The van der Waals surface area contributed by atoms with Gasteiger partial charge in [0.2, 0.25) is 0 Å². The Labute approximate surface area is 123 Å². The first kappa shape index (κ1) is 13.5. The van der Waals surface area contributed by atoms with Crippen LogP contribution in [0.4, 0.5) is 0 Å². The Morgan fingerprint density at radius 2 is 1.95 bits per heavy atom. The zero-order chi connectivity index (χ0) is 14.8. The zero-order valence-electron chi connectivity index (χ0n) is 11.0. The van der Waals surface area contributed by atoms with E-state index in [0.29, 0.717) is 10.6 Å². The minimum Gasteiger partial charge on any atom is -0.478 e. The van der Waals surface area contributed by atoms with Crippen LogP contribution >= 0.6 is 0 Å². The number of hydrogen-bond donors (Lipinski definition) is 1. The van der Waals surface area contributed by atoms with Crippen LogP contribution in [0.2, 0.25) is 0 Å². The van der Waals surface area contributed by atoms with Crippen molar-refractivity contribution in [2.45, 2.75) is 10.6 Å². The lowest BCUT2D eigenvalue weighted by atomic mass is 10.2. The van der Waals surface area contributed by atoms with E-state index >= 15 is 0 Å². The molecule has 0 amide bonds. The largest absolute Gasteiger partial charge is 0.478 e. The van der Waals surface area contributed by atoms with Gasteiger partial charge in [-0.25, -0.2) is 9.78 Å². The second-order valence-electron chi connectivity index (χ2n) is 4.49. The van der Waals surface area contributed by atoms with Gasteiger partial charge in [-0.2, -0.15) is 0 Å². The lowest BCUT2D eigenvalue weighted by Gasteiger charge is -2.04. The molecule has 0 aliphatic heterocycles. The third-order valence-electron chi connectivity index (χ3n) is 3.06. The van der Waals surface area contributed by atoms with Crippen LogP contribution < -0.4 is 0 Å². The van der Waals surface area contributed by atoms with Gasteiger partial charge in [-0.1, -0.05) is 18.2 Å². The van der Waals surface area contributed by atoms with Gasteiger partial charge >= 0.3 is 5.97 Å². The van der Waals surface area contributed by atoms with Gasteiger partial charge in [0.1, 0.15) is 5.65 Å². The van der Waals surface area contributed by atoms with Crippen LogP contribution in [-0.4, -0.2) is 24.7 Å². The van der Waals surface area contributed by atoms with Crippen molar-refractivity contribution in [1.82, 2.24) is 9.38 Å². The molecule has 0 radical (unpaired) electrons. The first-order chi connectivity index (χ1) is 10.1. The molecule has 0 aliphatic rings. The molecule has 5 nitrogen and oxygen atoms in total. The molecular formula is C15H12N2O3S. The number of pyridine rings is 1. The Hall–Kier alpha value is -2.47. The molecule has 1 aromatic carbocycles. The molecule has 0 saturated heterocycles. The normalized spacial score (nSPS) is 12.4. The Bertz CT molecular complexity index is 809. The van der Waals surface area contributed by atoms with Crippen molar-refractivity contribution >= 4 is 22.4 Å². The molecule has 2 heterocycles. The molecule has 1 N–H and O–H groups in total. The number of rotatable bonds is 4. The fourth-order valence-electron chi connectivity index (χ4n) is 2.11. The molecular weight excluding hydrogens is 288 g/mol. The molecule has 106 valence electrons. The van der Waals surface area contributed by atoms with Crippen molar-refractivity contribution in [3.05, 3.63) is 66.1 Å². The maximum absolute atomic E-state index is 12.4. The Morgan fingerprint density at radius 1 is 1.19 bits per heavy atom. The van der Waals surface area contributed by atoms with Crippen LogP contribution in [0.1, 0.15) is 16.1 Å². The Kier molecular flexibility index (Phi) is 3.53. The van der Waals surface area contributed by atoms with Crippen LogP contribution in [0.25, 0.3) is 5.65 Å². The summed E-state index contributed by atoms with van der Waals surface area (Å²) in [5.41, 5.74) is 1.51. The van der Waals surface area contributed by atoms with Crippen molar-refractivity contribution in [3.63, 3.8) is 0 Å². The molecule has 0 bridgehead atoms. The van der Waals surface area contributed by atoms with Crippen molar-refractivity contribution in [2.24, 2.45) is 0 Å². The van der Waals surface area contributed by atoms with Gasteiger partial charge in [0.05, 0.1) is 32.7 Å². The van der Waals surface area contributed by atoms with Crippen molar-refractivity contribution < 1.29 is 14.1 Å². The van der Waals surface area contributed by atoms with Gasteiger partial charge in [0, 0.05) is 12.4 Å². The van der Waals surface area contributed by atoms with Gasteiger partial charge in [-0.05, 0) is 24.3 Å². The predicted octanol–water partition coefficient (Wildman–Crippen LogP) is 2.34. The second-order valence-corrected chi connectivity index (χ2v) is 5.91. The summed E-state index contributed by atoms with van der Waals surface area (Å²) in [6.45, 7) is 0. The van der Waals surface area contributed by atoms with E-state index in [0.717, 1.165) is 5.65 Å². The standard InChI is InChI=1S/C15H12N2O3S/c18-15(19)12-5-1-2-6-13(12)21(20)10-11-9-17-8-4-3-7-14(17)16-11/h1-9H,10H2,(H,18,19). The topological polar surface area (TPSA) is 71.7 Å². The van der Waals surface area contributed by atoms with Gasteiger partial charge in [0.25, 0.3) is 0 Å². The summed E-state index contributed by atoms with van der Waals surface area (Å²) in [6, 6.07) is 12.0. The number of aromatic carboxylic acids is 1. The van der Waals surface area contributed by atoms with E-state index in [-0.39, 0.29) is 11.3 Å². The summed E-state index contributed by atoms with van der Waals surface area (Å²) in [5.74, 6) is -0.889. The fraction of sp³-hybridized carbons (Fsp3) is 0.0667. The van der Waals surface area contributed by atoms with Gasteiger partial charge in [-0.3, -0.25) is 4.21 Å². The predicted molar refractivity (Wildman–Crippen MR) is 78.7 cm³/mol. The number of carbonyl (C=O) groups is 1. The number of nitrogens with zero attached hydrogens (tertiary/aromatic N) is 2. The highest BCUT2D eigenvalue weighted by Gasteiger charge is 2.16. The molecule has 2 aromatic heterocycles. The highest BCUT2D eigenvalue weighted by molar-refractivity contribution is 7.84. The fourth-order valence-corrected chi connectivity index (χ4v) is 3.30. The van der Waals surface area contributed by atoms with Gasteiger partial charge in [0.15, 0.2) is 0 Å². The monoisotopic (exact) mass is 300 g/mol. The average molecular weight is 300 g/mol.